The van der Waals surface area contributed by atoms with Gasteiger partial charge in [-0.15, -0.1) is 0 Å². The maximum atomic E-state index is 14.1. The SMILES string of the molecule is CC(C)(c1ncc(-c2ccc(F)cc2)o1)N1CCN(C[C@@H](O)C[C@@H](Cc2cc3cncnc3o2)C(=O)N[C@H]2c3ccccc3OC[C@H]2O)[C@H](C(=O)NCC(F)(F)F)C1. The number of furan rings is 1. The third-order valence-corrected chi connectivity index (χ3v) is 10.6. The zero-order valence-electron chi connectivity index (χ0n) is 31.7. The Morgan fingerprint density at radius 1 is 1.03 bits per heavy atom. The number of fused-ring (bicyclic) bond motifs is 2. The fourth-order valence-corrected chi connectivity index (χ4v) is 7.47. The van der Waals surface area contributed by atoms with Gasteiger partial charge in [-0.1, -0.05) is 18.2 Å². The van der Waals surface area contributed by atoms with Crippen LogP contribution in [-0.4, -0.2) is 111 Å². The number of nitrogens with zero attached hydrogens (tertiary/aromatic N) is 5. The fourth-order valence-electron chi connectivity index (χ4n) is 7.47. The molecule has 5 atom stereocenters. The van der Waals surface area contributed by atoms with Gasteiger partial charge in [0.15, 0.2) is 5.76 Å². The van der Waals surface area contributed by atoms with Crippen LogP contribution in [0.4, 0.5) is 17.6 Å². The van der Waals surface area contributed by atoms with Gasteiger partial charge >= 0.3 is 6.18 Å². The van der Waals surface area contributed by atoms with E-state index in [-0.39, 0.29) is 45.0 Å². The quantitative estimate of drug-likeness (QED) is 0.125. The van der Waals surface area contributed by atoms with Crippen LogP contribution in [0.3, 0.4) is 0 Å². The number of aliphatic hydroxyl groups is 2. The van der Waals surface area contributed by atoms with E-state index in [1.165, 1.54) is 24.7 Å². The molecule has 2 aliphatic rings. The van der Waals surface area contributed by atoms with Gasteiger partial charge in [-0.05, 0) is 56.7 Å². The zero-order chi connectivity index (χ0) is 41.2. The molecule has 3 aromatic heterocycles. The molecule has 0 radical (unpaired) electrons. The number of aliphatic hydroxyl groups excluding tert-OH is 2. The minimum Gasteiger partial charge on any atom is -0.490 e. The van der Waals surface area contributed by atoms with E-state index in [1.807, 2.05) is 24.1 Å². The summed E-state index contributed by atoms with van der Waals surface area (Å²) in [6.45, 7) is 2.26. The van der Waals surface area contributed by atoms with Crippen molar-refractivity contribution in [3.8, 4) is 17.1 Å². The number of nitrogens with one attached hydrogen (secondary N) is 2. The highest BCUT2D eigenvalue weighted by atomic mass is 19.4. The van der Waals surface area contributed by atoms with Gasteiger partial charge in [-0.25, -0.2) is 19.3 Å². The number of ether oxygens (including phenoxy) is 1. The molecule has 0 unspecified atom stereocenters. The molecule has 1 fully saturated rings. The van der Waals surface area contributed by atoms with Crippen molar-refractivity contribution in [1.82, 2.24) is 35.4 Å². The summed E-state index contributed by atoms with van der Waals surface area (Å²) in [7, 11) is 0. The van der Waals surface area contributed by atoms with Gasteiger partial charge in [0, 0.05) is 55.8 Å². The van der Waals surface area contributed by atoms with Crippen LogP contribution < -0.4 is 15.4 Å². The number of rotatable bonds is 13. The van der Waals surface area contributed by atoms with Crippen LogP contribution in [-0.2, 0) is 21.5 Å². The third kappa shape index (κ3) is 9.30. The highest BCUT2D eigenvalue weighted by molar-refractivity contribution is 5.82. The Morgan fingerprint density at radius 3 is 2.57 bits per heavy atom. The van der Waals surface area contributed by atoms with Crippen LogP contribution in [0.1, 0.15) is 43.5 Å². The molecule has 18 heteroatoms. The molecule has 308 valence electrons. The number of aromatic nitrogens is 3. The Labute approximate surface area is 330 Å². The number of carbonyl (C=O) groups is 2. The van der Waals surface area contributed by atoms with Crippen molar-refractivity contribution in [1.29, 1.82) is 0 Å². The minimum atomic E-state index is -4.66. The number of hydrogen-bond donors (Lipinski definition) is 4. The summed E-state index contributed by atoms with van der Waals surface area (Å²) in [5.41, 5.74) is 0.536. The van der Waals surface area contributed by atoms with Gasteiger partial charge in [-0.2, -0.15) is 13.2 Å². The number of halogens is 4. The molecule has 5 aromatic rings. The average molecular weight is 810 g/mol. The Kier molecular flexibility index (Phi) is 11.8. The van der Waals surface area contributed by atoms with E-state index < -0.39 is 66.1 Å². The predicted molar refractivity (Wildman–Crippen MR) is 199 cm³/mol. The minimum absolute atomic E-state index is 0.0216. The molecule has 0 spiro atoms. The first-order valence-corrected chi connectivity index (χ1v) is 18.8. The summed E-state index contributed by atoms with van der Waals surface area (Å²) in [6, 6.07) is 12.4. The second kappa shape index (κ2) is 16.8. The Balaban J connectivity index is 1.09. The lowest BCUT2D eigenvalue weighted by Crippen LogP contribution is -2.63. The molecule has 5 heterocycles. The number of alkyl halides is 3. The lowest BCUT2D eigenvalue weighted by Gasteiger charge is -2.46. The lowest BCUT2D eigenvalue weighted by atomic mass is 9.92. The smallest absolute Gasteiger partial charge is 0.405 e. The van der Waals surface area contributed by atoms with Crippen molar-refractivity contribution in [2.75, 3.05) is 39.3 Å². The molecule has 1 saturated heterocycles. The number of carbonyl (C=O) groups excluding carboxylic acids is 2. The average Bonchev–Trinajstić information content (AvgIpc) is 3.86. The van der Waals surface area contributed by atoms with Crippen LogP contribution >= 0.6 is 0 Å². The zero-order valence-corrected chi connectivity index (χ0v) is 31.7. The summed E-state index contributed by atoms with van der Waals surface area (Å²) < 4.78 is 71.0. The number of para-hydroxylation sites is 1. The van der Waals surface area contributed by atoms with E-state index in [2.05, 4.69) is 20.3 Å². The lowest BCUT2D eigenvalue weighted by molar-refractivity contribution is -0.145. The maximum absolute atomic E-state index is 14.1. The van der Waals surface area contributed by atoms with Gasteiger partial charge in [-0.3, -0.25) is 19.4 Å². The number of piperazine rings is 1. The first-order chi connectivity index (χ1) is 27.6. The molecule has 58 heavy (non-hydrogen) atoms. The monoisotopic (exact) mass is 809 g/mol. The van der Waals surface area contributed by atoms with Crippen molar-refractivity contribution in [2.24, 2.45) is 5.92 Å². The van der Waals surface area contributed by atoms with Gasteiger partial charge in [0.05, 0.1) is 29.3 Å². The number of benzene rings is 2. The van der Waals surface area contributed by atoms with E-state index >= 15 is 0 Å². The summed E-state index contributed by atoms with van der Waals surface area (Å²) in [5.74, 6) is -1.17. The first kappa shape index (κ1) is 40.8. The van der Waals surface area contributed by atoms with Crippen molar-refractivity contribution >= 4 is 22.9 Å². The summed E-state index contributed by atoms with van der Waals surface area (Å²) in [5, 5.41) is 28.0. The van der Waals surface area contributed by atoms with E-state index in [0.29, 0.717) is 46.0 Å². The second-order valence-electron chi connectivity index (χ2n) is 15.1. The third-order valence-electron chi connectivity index (χ3n) is 10.6. The van der Waals surface area contributed by atoms with Crippen molar-refractivity contribution in [3.63, 3.8) is 0 Å². The highest BCUT2D eigenvalue weighted by Crippen LogP contribution is 2.35. The Hall–Kier alpha value is -5.43. The van der Waals surface area contributed by atoms with Crippen LogP contribution in [0, 0.1) is 11.7 Å². The molecule has 2 aliphatic heterocycles. The van der Waals surface area contributed by atoms with Crippen LogP contribution in [0.2, 0.25) is 0 Å². The molecule has 0 bridgehead atoms. The summed E-state index contributed by atoms with van der Waals surface area (Å²) >= 11 is 0. The summed E-state index contributed by atoms with van der Waals surface area (Å²) in [4.78, 5) is 43.7. The number of oxazole rings is 1. The molecule has 2 amide bonds. The van der Waals surface area contributed by atoms with E-state index in [1.54, 1.807) is 53.6 Å². The molecule has 0 aliphatic carbocycles. The molecule has 4 N–H and O–H groups in total. The normalized spacial score (nSPS) is 20.2. The van der Waals surface area contributed by atoms with Crippen LogP contribution in [0.15, 0.2) is 82.2 Å². The second-order valence-corrected chi connectivity index (χ2v) is 15.1. The number of amides is 2. The van der Waals surface area contributed by atoms with Gasteiger partial charge in [0.2, 0.25) is 23.4 Å². The first-order valence-electron chi connectivity index (χ1n) is 18.8. The molecule has 14 nitrogen and oxygen atoms in total. The van der Waals surface area contributed by atoms with Crippen molar-refractivity contribution < 1.29 is 50.9 Å². The van der Waals surface area contributed by atoms with Crippen LogP contribution in [0.25, 0.3) is 22.4 Å². The largest absolute Gasteiger partial charge is 0.490 e. The fraction of sp³-hybridized carbons (Fsp3) is 0.425. The standard InChI is InChI=1S/C40H43F4N7O7/c1-39(2,38-46-17-33(58-38)23-7-9-26(41)10-8-23)51-12-11-50(30(19-51)36(55)47-21-40(42,43)44)18-27(52)13-24(14-28-15-25-16-45-22-48-37(25)57-28)35(54)49-34-29-5-3-4-6-32(29)56-20-31(34)53/h3-10,15-17,22,24,27,30-31,34,52-53H,11-14,18-21H2,1-2H3,(H,47,55)(H,49,54)/t24-,27-,30-,31+,34-/m0/s1. The molecular weight excluding hydrogens is 766 g/mol. The van der Waals surface area contributed by atoms with Crippen molar-refractivity contribution in [2.45, 2.75) is 62.7 Å². The van der Waals surface area contributed by atoms with Gasteiger partial charge < -0.3 is 34.4 Å². The predicted octanol–water partition coefficient (Wildman–Crippen LogP) is 4.14. The van der Waals surface area contributed by atoms with Crippen molar-refractivity contribution in [3.05, 3.63) is 96.3 Å². The maximum Gasteiger partial charge on any atom is 0.405 e. The molecule has 7 rings (SSSR count). The molecular formula is C40H43F4N7O7. The highest BCUT2D eigenvalue weighted by Gasteiger charge is 2.43. The topological polar surface area (TPSA) is 179 Å². The Bertz CT molecular complexity index is 2180. The number of β-amino-alcohol motifs (C(OH)–C–C–N with tert-alkyl or cyclic N) is 1. The number of hydrogen-bond acceptors (Lipinski definition) is 12. The van der Waals surface area contributed by atoms with Crippen LogP contribution in [0.5, 0.6) is 5.75 Å². The van der Waals surface area contributed by atoms with E-state index in [4.69, 9.17) is 13.6 Å². The van der Waals surface area contributed by atoms with Gasteiger partial charge in [0.1, 0.15) is 49.0 Å². The molecule has 0 saturated carbocycles. The van der Waals surface area contributed by atoms with Gasteiger partial charge in [0.25, 0.3) is 0 Å². The van der Waals surface area contributed by atoms with E-state index in [9.17, 15) is 37.4 Å². The Morgan fingerprint density at radius 2 is 1.81 bits per heavy atom. The van der Waals surface area contributed by atoms with E-state index in [0.717, 1.165) is 0 Å². The molecule has 2 aromatic carbocycles. The summed E-state index contributed by atoms with van der Waals surface area (Å²) in [6.07, 6.45) is -2.70.